The van der Waals surface area contributed by atoms with E-state index in [1.165, 1.54) is 6.07 Å². The van der Waals surface area contributed by atoms with Crippen LogP contribution in [0.3, 0.4) is 0 Å². The number of halogens is 1. The van der Waals surface area contributed by atoms with E-state index < -0.39 is 5.41 Å². The number of carbonyl (C=O) groups excluding carboxylic acids is 1. The van der Waals surface area contributed by atoms with Gasteiger partial charge in [0.25, 0.3) is 0 Å². The minimum absolute atomic E-state index is 0.210. The standard InChI is InChI=1S/C19H25FN2O/c20-15-5-3-4-14(10-15)19(8-1-2-9-19)18(23)22-11-13-6-7-17(21)16(13)12-22/h3-5,10,13,16-17H,1-2,6-9,11-12,21H2. The van der Waals surface area contributed by atoms with E-state index in [4.69, 9.17) is 5.73 Å². The van der Waals surface area contributed by atoms with Crippen LogP contribution in [0.4, 0.5) is 4.39 Å². The average molecular weight is 316 g/mol. The van der Waals surface area contributed by atoms with E-state index in [2.05, 4.69) is 0 Å². The molecule has 1 aromatic rings. The summed E-state index contributed by atoms with van der Waals surface area (Å²) in [6.07, 6.45) is 6.00. The number of likely N-dealkylation sites (tertiary alicyclic amines) is 1. The van der Waals surface area contributed by atoms with Gasteiger partial charge in [-0.25, -0.2) is 4.39 Å². The molecular formula is C19H25FN2O. The van der Waals surface area contributed by atoms with Crippen LogP contribution in [0, 0.1) is 17.7 Å². The van der Waals surface area contributed by atoms with Crippen molar-refractivity contribution < 1.29 is 9.18 Å². The van der Waals surface area contributed by atoms with Crippen molar-refractivity contribution in [2.24, 2.45) is 17.6 Å². The molecule has 3 unspecified atom stereocenters. The van der Waals surface area contributed by atoms with Crippen molar-refractivity contribution in [2.75, 3.05) is 13.1 Å². The second-order valence-corrected chi connectivity index (χ2v) is 7.67. The molecule has 124 valence electrons. The highest BCUT2D eigenvalue weighted by Gasteiger charge is 2.49. The Labute approximate surface area is 137 Å². The van der Waals surface area contributed by atoms with Gasteiger partial charge < -0.3 is 10.6 Å². The molecule has 1 heterocycles. The minimum Gasteiger partial charge on any atom is -0.341 e. The van der Waals surface area contributed by atoms with Crippen LogP contribution in [0.2, 0.25) is 0 Å². The molecule has 4 heteroatoms. The SMILES string of the molecule is NC1CCC2CN(C(=O)C3(c4cccc(F)c4)CCCC3)CC12. The van der Waals surface area contributed by atoms with E-state index in [-0.39, 0.29) is 17.8 Å². The Kier molecular flexibility index (Phi) is 3.67. The van der Waals surface area contributed by atoms with Gasteiger partial charge in [0.2, 0.25) is 5.91 Å². The van der Waals surface area contributed by atoms with Gasteiger partial charge in [0, 0.05) is 19.1 Å². The van der Waals surface area contributed by atoms with Gasteiger partial charge in [0.15, 0.2) is 0 Å². The number of benzene rings is 1. The second kappa shape index (κ2) is 5.59. The Balaban J connectivity index is 1.62. The maximum Gasteiger partial charge on any atom is 0.233 e. The zero-order valence-electron chi connectivity index (χ0n) is 13.5. The van der Waals surface area contributed by atoms with Crippen molar-refractivity contribution in [1.29, 1.82) is 0 Å². The number of hydrogen-bond donors (Lipinski definition) is 1. The van der Waals surface area contributed by atoms with Gasteiger partial charge in [-0.3, -0.25) is 4.79 Å². The topological polar surface area (TPSA) is 46.3 Å². The maximum absolute atomic E-state index is 13.7. The lowest BCUT2D eigenvalue weighted by atomic mass is 9.77. The third-order valence-electron chi connectivity index (χ3n) is 6.44. The molecule has 3 nitrogen and oxygen atoms in total. The molecular weight excluding hydrogens is 291 g/mol. The third kappa shape index (κ3) is 2.38. The Bertz CT molecular complexity index is 611. The molecule has 23 heavy (non-hydrogen) atoms. The molecule has 4 rings (SSSR count). The van der Waals surface area contributed by atoms with Crippen LogP contribution < -0.4 is 5.73 Å². The molecule has 3 fully saturated rings. The molecule has 2 N–H and O–H groups in total. The number of nitrogens with two attached hydrogens (primary N) is 1. The fourth-order valence-electron chi connectivity index (χ4n) is 5.17. The van der Waals surface area contributed by atoms with Crippen molar-refractivity contribution >= 4 is 5.91 Å². The smallest absolute Gasteiger partial charge is 0.233 e. The second-order valence-electron chi connectivity index (χ2n) is 7.67. The zero-order chi connectivity index (χ0) is 16.0. The Hall–Kier alpha value is -1.42. The average Bonchev–Trinajstić information content (AvgIpc) is 3.25. The summed E-state index contributed by atoms with van der Waals surface area (Å²) in [5, 5.41) is 0. The Morgan fingerprint density at radius 3 is 2.70 bits per heavy atom. The summed E-state index contributed by atoms with van der Waals surface area (Å²) in [5.41, 5.74) is 6.57. The third-order valence-corrected chi connectivity index (χ3v) is 6.44. The van der Waals surface area contributed by atoms with E-state index in [0.717, 1.165) is 57.2 Å². The number of hydrogen-bond acceptors (Lipinski definition) is 2. The maximum atomic E-state index is 13.7. The van der Waals surface area contributed by atoms with Gasteiger partial charge in [-0.15, -0.1) is 0 Å². The molecule has 1 aliphatic heterocycles. The first-order valence-corrected chi connectivity index (χ1v) is 8.91. The molecule has 3 atom stereocenters. The van der Waals surface area contributed by atoms with Crippen molar-refractivity contribution in [1.82, 2.24) is 4.90 Å². The molecule has 0 aromatic heterocycles. The summed E-state index contributed by atoms with van der Waals surface area (Å²) >= 11 is 0. The number of nitrogens with zero attached hydrogens (tertiary/aromatic N) is 1. The largest absolute Gasteiger partial charge is 0.341 e. The number of amides is 1. The molecule has 2 saturated carbocycles. The van der Waals surface area contributed by atoms with Crippen molar-refractivity contribution in [2.45, 2.75) is 50.0 Å². The van der Waals surface area contributed by atoms with Crippen LogP contribution in [0.25, 0.3) is 0 Å². The quantitative estimate of drug-likeness (QED) is 0.912. The van der Waals surface area contributed by atoms with Gasteiger partial charge in [-0.1, -0.05) is 25.0 Å². The van der Waals surface area contributed by atoms with Crippen molar-refractivity contribution in [3.63, 3.8) is 0 Å². The van der Waals surface area contributed by atoms with Crippen LogP contribution in [0.15, 0.2) is 24.3 Å². The zero-order valence-corrected chi connectivity index (χ0v) is 13.5. The molecule has 1 amide bonds. The van der Waals surface area contributed by atoms with Crippen molar-refractivity contribution in [3.05, 3.63) is 35.6 Å². The molecule has 3 aliphatic rings. The summed E-state index contributed by atoms with van der Waals surface area (Å²) in [6, 6.07) is 6.91. The van der Waals surface area contributed by atoms with E-state index >= 15 is 0 Å². The Morgan fingerprint density at radius 2 is 2.00 bits per heavy atom. The van der Waals surface area contributed by atoms with Crippen LogP contribution >= 0.6 is 0 Å². The highest BCUT2D eigenvalue weighted by atomic mass is 19.1. The van der Waals surface area contributed by atoms with E-state index in [1.807, 2.05) is 11.0 Å². The number of carbonyl (C=O) groups is 1. The molecule has 1 aromatic carbocycles. The summed E-state index contributed by atoms with van der Waals surface area (Å²) in [5.74, 6) is 0.994. The monoisotopic (exact) mass is 316 g/mol. The van der Waals surface area contributed by atoms with Gasteiger partial charge in [-0.05, 0) is 55.2 Å². The first-order chi connectivity index (χ1) is 11.1. The first-order valence-electron chi connectivity index (χ1n) is 8.91. The highest BCUT2D eigenvalue weighted by Crippen LogP contribution is 2.45. The van der Waals surface area contributed by atoms with Gasteiger partial charge in [-0.2, -0.15) is 0 Å². The molecule has 2 aliphatic carbocycles. The fraction of sp³-hybridized carbons (Fsp3) is 0.632. The Morgan fingerprint density at radius 1 is 1.22 bits per heavy atom. The van der Waals surface area contributed by atoms with Crippen LogP contribution in [0.5, 0.6) is 0 Å². The van der Waals surface area contributed by atoms with Crippen molar-refractivity contribution in [3.8, 4) is 0 Å². The lowest BCUT2D eigenvalue weighted by Crippen LogP contribution is -2.45. The van der Waals surface area contributed by atoms with Gasteiger partial charge >= 0.3 is 0 Å². The summed E-state index contributed by atoms with van der Waals surface area (Å²) < 4.78 is 13.7. The number of rotatable bonds is 2. The molecule has 0 bridgehead atoms. The van der Waals surface area contributed by atoms with E-state index in [1.54, 1.807) is 12.1 Å². The summed E-state index contributed by atoms with van der Waals surface area (Å²) in [7, 11) is 0. The van der Waals surface area contributed by atoms with E-state index in [0.29, 0.717) is 11.8 Å². The predicted octanol–water partition coefficient (Wildman–Crippen LogP) is 2.83. The normalized spacial score (nSPS) is 32.3. The first kappa shape index (κ1) is 15.1. The van der Waals surface area contributed by atoms with Gasteiger partial charge in [0.05, 0.1) is 5.41 Å². The van der Waals surface area contributed by atoms with E-state index in [9.17, 15) is 9.18 Å². The minimum atomic E-state index is -0.509. The molecule has 0 radical (unpaired) electrons. The van der Waals surface area contributed by atoms with Gasteiger partial charge in [0.1, 0.15) is 5.82 Å². The lowest BCUT2D eigenvalue weighted by molar-refractivity contribution is -0.136. The van der Waals surface area contributed by atoms with Crippen LogP contribution in [0.1, 0.15) is 44.1 Å². The predicted molar refractivity (Wildman–Crippen MR) is 87.3 cm³/mol. The highest BCUT2D eigenvalue weighted by molar-refractivity contribution is 5.89. The summed E-state index contributed by atoms with van der Waals surface area (Å²) in [6.45, 7) is 1.63. The summed E-state index contributed by atoms with van der Waals surface area (Å²) in [4.78, 5) is 15.4. The van der Waals surface area contributed by atoms with Crippen LogP contribution in [-0.4, -0.2) is 29.9 Å². The van der Waals surface area contributed by atoms with Crippen LogP contribution in [-0.2, 0) is 10.2 Å². The lowest BCUT2D eigenvalue weighted by Gasteiger charge is -2.33. The molecule has 0 spiro atoms. The molecule has 1 saturated heterocycles. The number of fused-ring (bicyclic) bond motifs is 1. The fourth-order valence-corrected chi connectivity index (χ4v) is 5.17.